The second-order valence-electron chi connectivity index (χ2n) is 6.64. The van der Waals surface area contributed by atoms with E-state index in [9.17, 15) is 4.79 Å². The Bertz CT molecular complexity index is 562. The lowest BCUT2D eigenvalue weighted by Crippen LogP contribution is -2.37. The Hall–Kier alpha value is -1.39. The summed E-state index contributed by atoms with van der Waals surface area (Å²) in [5.41, 5.74) is 2.15. The van der Waals surface area contributed by atoms with Crippen LogP contribution < -0.4 is 5.32 Å². The van der Waals surface area contributed by atoms with Crippen LogP contribution in [0.25, 0.3) is 0 Å². The number of aryl methyl sites for hydroxylation is 1. The summed E-state index contributed by atoms with van der Waals surface area (Å²) in [6, 6.07) is 8.45. The van der Waals surface area contributed by atoms with Gasteiger partial charge in [0.15, 0.2) is 0 Å². The van der Waals surface area contributed by atoms with Gasteiger partial charge in [-0.25, -0.2) is 0 Å². The van der Waals surface area contributed by atoms with E-state index in [0.717, 1.165) is 32.3 Å². The number of nitrogens with one attached hydrogen (secondary N) is 1. The number of rotatable bonds is 3. The molecule has 1 aliphatic carbocycles. The first-order chi connectivity index (χ1) is 10.2. The molecule has 2 atom stereocenters. The number of ether oxygens (including phenoxy) is 1. The number of carbonyl (C=O) groups is 1. The van der Waals surface area contributed by atoms with Crippen molar-refractivity contribution < 1.29 is 9.53 Å². The summed E-state index contributed by atoms with van der Waals surface area (Å²) in [7, 11) is 0. The van der Waals surface area contributed by atoms with Crippen molar-refractivity contribution >= 4 is 5.91 Å². The molecule has 1 aromatic rings. The topological polar surface area (TPSA) is 41.6 Å². The van der Waals surface area contributed by atoms with Gasteiger partial charge in [-0.15, -0.1) is 0 Å². The van der Waals surface area contributed by atoms with Crippen LogP contribution in [0.2, 0.25) is 0 Å². The molecule has 1 amide bonds. The van der Waals surface area contributed by atoms with Crippen LogP contribution in [0.15, 0.2) is 24.3 Å². The molecule has 4 heteroatoms. The van der Waals surface area contributed by atoms with Gasteiger partial charge in [-0.05, 0) is 38.2 Å². The predicted octanol–water partition coefficient (Wildman–Crippen LogP) is 2.14. The highest BCUT2D eigenvalue weighted by atomic mass is 16.5. The Morgan fingerprint density at radius 2 is 2.29 bits per heavy atom. The highest BCUT2D eigenvalue weighted by Crippen LogP contribution is 2.46. The summed E-state index contributed by atoms with van der Waals surface area (Å²) >= 11 is 0. The highest BCUT2D eigenvalue weighted by molar-refractivity contribution is 5.92. The van der Waals surface area contributed by atoms with E-state index < -0.39 is 0 Å². The Morgan fingerprint density at radius 3 is 2.95 bits per heavy atom. The number of carbonyl (C=O) groups excluding carboxylic acids is 1. The van der Waals surface area contributed by atoms with Crippen LogP contribution in [0, 0.1) is 6.92 Å². The molecule has 2 saturated heterocycles. The summed E-state index contributed by atoms with van der Waals surface area (Å²) in [6.45, 7) is 3.64. The monoisotopic (exact) mass is 286 g/mol. The summed E-state index contributed by atoms with van der Waals surface area (Å²) in [4.78, 5) is 14.8. The lowest BCUT2D eigenvalue weighted by Gasteiger charge is -2.27. The largest absolute Gasteiger partial charge is 0.376 e. The SMILES string of the molecule is Cc1cccc(C2NC3(CC3)C(=O)N2CC2CCCO2)c1. The van der Waals surface area contributed by atoms with Crippen LogP contribution in [-0.2, 0) is 9.53 Å². The van der Waals surface area contributed by atoms with Crippen LogP contribution in [0.5, 0.6) is 0 Å². The molecule has 2 aliphatic heterocycles. The van der Waals surface area contributed by atoms with E-state index in [1.807, 2.05) is 4.90 Å². The van der Waals surface area contributed by atoms with Gasteiger partial charge in [-0.1, -0.05) is 29.8 Å². The van der Waals surface area contributed by atoms with Gasteiger partial charge < -0.3 is 9.64 Å². The Balaban J connectivity index is 1.61. The predicted molar refractivity (Wildman–Crippen MR) is 79.7 cm³/mol. The Labute approximate surface area is 125 Å². The lowest BCUT2D eigenvalue weighted by atomic mass is 10.1. The van der Waals surface area contributed by atoms with E-state index in [1.54, 1.807) is 0 Å². The molecule has 4 rings (SSSR count). The van der Waals surface area contributed by atoms with Crippen molar-refractivity contribution in [2.24, 2.45) is 0 Å². The van der Waals surface area contributed by atoms with Crippen molar-refractivity contribution in [2.45, 2.75) is 50.4 Å². The zero-order chi connectivity index (χ0) is 14.4. The molecular formula is C17H22N2O2. The van der Waals surface area contributed by atoms with Crippen LogP contribution in [0.4, 0.5) is 0 Å². The van der Waals surface area contributed by atoms with Crippen molar-refractivity contribution in [1.82, 2.24) is 10.2 Å². The van der Waals surface area contributed by atoms with Crippen molar-refractivity contribution in [1.29, 1.82) is 0 Å². The Morgan fingerprint density at radius 1 is 1.43 bits per heavy atom. The molecule has 1 spiro atoms. The first-order valence-corrected chi connectivity index (χ1v) is 7.95. The zero-order valence-electron chi connectivity index (χ0n) is 12.5. The summed E-state index contributed by atoms with van der Waals surface area (Å²) in [5.74, 6) is 0.268. The van der Waals surface area contributed by atoms with Gasteiger partial charge in [0, 0.05) is 13.2 Å². The molecular weight excluding hydrogens is 264 g/mol. The number of hydrogen-bond donors (Lipinski definition) is 1. The average Bonchev–Trinajstić information content (AvgIpc) is 2.98. The number of benzene rings is 1. The first-order valence-electron chi connectivity index (χ1n) is 7.95. The zero-order valence-corrected chi connectivity index (χ0v) is 12.5. The van der Waals surface area contributed by atoms with Crippen LogP contribution in [0.1, 0.15) is 43.0 Å². The molecule has 3 aliphatic rings. The van der Waals surface area contributed by atoms with Crippen molar-refractivity contribution in [2.75, 3.05) is 13.2 Å². The van der Waals surface area contributed by atoms with Gasteiger partial charge in [0.1, 0.15) is 11.7 Å². The fourth-order valence-electron chi connectivity index (χ4n) is 3.58. The van der Waals surface area contributed by atoms with Crippen molar-refractivity contribution in [3.8, 4) is 0 Å². The quantitative estimate of drug-likeness (QED) is 0.925. The minimum absolute atomic E-state index is 0.00380. The molecule has 0 aromatic heterocycles. The smallest absolute Gasteiger partial charge is 0.244 e. The fraction of sp³-hybridized carbons (Fsp3) is 0.588. The third-order valence-electron chi connectivity index (χ3n) is 4.93. The summed E-state index contributed by atoms with van der Waals surface area (Å²) in [5, 5.41) is 3.58. The molecule has 4 nitrogen and oxygen atoms in total. The standard InChI is InChI=1S/C17H22N2O2/c1-12-4-2-5-13(10-12)15-18-17(7-8-17)16(20)19(15)11-14-6-3-9-21-14/h2,4-5,10,14-15,18H,3,6-9,11H2,1H3. The number of hydrogen-bond acceptors (Lipinski definition) is 3. The molecule has 1 N–H and O–H groups in total. The first kappa shape index (κ1) is 13.3. The highest BCUT2D eigenvalue weighted by Gasteiger charge is 2.59. The van der Waals surface area contributed by atoms with Gasteiger partial charge in [0.25, 0.3) is 0 Å². The van der Waals surface area contributed by atoms with Gasteiger partial charge in [0.05, 0.1) is 6.10 Å². The maximum Gasteiger partial charge on any atom is 0.244 e. The van der Waals surface area contributed by atoms with Gasteiger partial charge in [-0.3, -0.25) is 10.1 Å². The van der Waals surface area contributed by atoms with Crippen LogP contribution >= 0.6 is 0 Å². The minimum Gasteiger partial charge on any atom is -0.376 e. The molecule has 3 fully saturated rings. The lowest BCUT2D eigenvalue weighted by molar-refractivity contribution is -0.132. The molecule has 1 saturated carbocycles. The molecule has 1 aromatic carbocycles. The summed E-state index contributed by atoms with van der Waals surface area (Å²) in [6.07, 6.45) is 4.32. The van der Waals surface area contributed by atoms with Crippen molar-refractivity contribution in [3.05, 3.63) is 35.4 Å². The van der Waals surface area contributed by atoms with E-state index >= 15 is 0 Å². The van der Waals surface area contributed by atoms with E-state index in [-0.39, 0.29) is 23.7 Å². The van der Waals surface area contributed by atoms with E-state index in [0.29, 0.717) is 6.54 Å². The van der Waals surface area contributed by atoms with Gasteiger partial charge in [-0.2, -0.15) is 0 Å². The molecule has 2 unspecified atom stereocenters. The van der Waals surface area contributed by atoms with E-state index in [4.69, 9.17) is 4.74 Å². The normalized spacial score (nSPS) is 30.3. The molecule has 2 heterocycles. The third-order valence-corrected chi connectivity index (χ3v) is 4.93. The second kappa shape index (κ2) is 4.82. The second-order valence-corrected chi connectivity index (χ2v) is 6.64. The molecule has 112 valence electrons. The van der Waals surface area contributed by atoms with E-state index in [2.05, 4.69) is 36.5 Å². The van der Waals surface area contributed by atoms with Gasteiger partial charge in [0.2, 0.25) is 5.91 Å². The average molecular weight is 286 g/mol. The number of amides is 1. The molecule has 21 heavy (non-hydrogen) atoms. The van der Waals surface area contributed by atoms with Crippen molar-refractivity contribution in [3.63, 3.8) is 0 Å². The Kier molecular flexibility index (Phi) is 3.05. The van der Waals surface area contributed by atoms with Crippen LogP contribution in [0.3, 0.4) is 0 Å². The minimum atomic E-state index is -0.271. The maximum absolute atomic E-state index is 12.8. The third kappa shape index (κ3) is 2.27. The number of nitrogens with zero attached hydrogens (tertiary/aromatic N) is 1. The van der Waals surface area contributed by atoms with Gasteiger partial charge >= 0.3 is 0 Å². The molecule has 0 bridgehead atoms. The summed E-state index contributed by atoms with van der Waals surface area (Å²) < 4.78 is 5.74. The van der Waals surface area contributed by atoms with Crippen LogP contribution in [-0.4, -0.2) is 35.6 Å². The maximum atomic E-state index is 12.8. The fourth-order valence-corrected chi connectivity index (χ4v) is 3.58. The van der Waals surface area contributed by atoms with E-state index in [1.165, 1.54) is 11.1 Å². The molecule has 0 radical (unpaired) electrons.